The maximum Gasteiger partial charge on any atom is 0.251 e. The van der Waals surface area contributed by atoms with Gasteiger partial charge in [0.25, 0.3) is 11.8 Å². The maximum atomic E-state index is 13.8. The molecule has 2 amide bonds. The molecule has 1 atom stereocenters. The maximum absolute atomic E-state index is 13.8. The first-order valence-corrected chi connectivity index (χ1v) is 14.3. The van der Waals surface area contributed by atoms with Gasteiger partial charge >= 0.3 is 0 Å². The zero-order chi connectivity index (χ0) is 29.4. The fourth-order valence-corrected chi connectivity index (χ4v) is 6.17. The molecule has 42 heavy (non-hydrogen) atoms. The molecule has 1 aromatic heterocycles. The van der Waals surface area contributed by atoms with Crippen molar-refractivity contribution in [3.05, 3.63) is 125 Å². The average molecular weight is 560 g/mol. The number of hydrogen-bond acceptors (Lipinski definition) is 2. The lowest BCUT2D eigenvalue weighted by Gasteiger charge is -2.25. The van der Waals surface area contributed by atoms with Gasteiger partial charge in [0.1, 0.15) is 5.83 Å². The Hall–Kier alpha value is -4.71. The van der Waals surface area contributed by atoms with Crippen molar-refractivity contribution in [2.24, 2.45) is 5.92 Å². The van der Waals surface area contributed by atoms with Crippen LogP contribution in [0.25, 0.3) is 27.6 Å². The summed E-state index contributed by atoms with van der Waals surface area (Å²) in [4.78, 5) is 30.0. The van der Waals surface area contributed by atoms with Crippen molar-refractivity contribution < 1.29 is 14.0 Å². The van der Waals surface area contributed by atoms with E-state index in [2.05, 4.69) is 47.7 Å². The number of halogens is 1. The molecule has 2 aliphatic rings. The van der Waals surface area contributed by atoms with Gasteiger partial charge in [0.15, 0.2) is 0 Å². The Bertz CT molecular complexity index is 1790. The molecule has 3 N–H and O–H groups in total. The Morgan fingerprint density at radius 3 is 2.55 bits per heavy atom. The molecule has 5 nitrogen and oxygen atoms in total. The first-order chi connectivity index (χ1) is 20.3. The first kappa shape index (κ1) is 27.5. The molecule has 2 aliphatic carbocycles. The number of rotatable bonds is 7. The highest BCUT2D eigenvalue weighted by atomic mass is 19.1. The Balaban J connectivity index is 1.36. The van der Waals surface area contributed by atoms with E-state index in [1.54, 1.807) is 13.1 Å². The zero-order valence-corrected chi connectivity index (χ0v) is 24.1. The van der Waals surface area contributed by atoms with Crippen LogP contribution >= 0.6 is 0 Å². The van der Waals surface area contributed by atoms with Crippen LogP contribution in [0.1, 0.15) is 47.3 Å². The summed E-state index contributed by atoms with van der Waals surface area (Å²) in [5.41, 5.74) is 7.89. The van der Waals surface area contributed by atoms with Crippen LogP contribution in [0.15, 0.2) is 103 Å². The van der Waals surface area contributed by atoms with Crippen molar-refractivity contribution in [1.82, 2.24) is 15.6 Å². The molecule has 0 saturated carbocycles. The number of likely N-dealkylation sites (N-methyl/N-ethyl adjacent to an activating group) is 1. The lowest BCUT2D eigenvalue weighted by Crippen LogP contribution is -2.36. The van der Waals surface area contributed by atoms with E-state index in [1.165, 1.54) is 6.08 Å². The molecule has 6 rings (SSSR count). The third-order valence-corrected chi connectivity index (χ3v) is 8.55. The molecule has 0 saturated heterocycles. The van der Waals surface area contributed by atoms with Crippen molar-refractivity contribution in [1.29, 1.82) is 0 Å². The molecule has 212 valence electrons. The number of nitrogens with one attached hydrogen (secondary N) is 3. The second-order valence-electron chi connectivity index (χ2n) is 11.7. The third kappa shape index (κ3) is 4.98. The van der Waals surface area contributed by atoms with E-state index in [1.807, 2.05) is 60.8 Å². The minimum Gasteiger partial charge on any atom is -0.361 e. The van der Waals surface area contributed by atoms with E-state index in [9.17, 15) is 14.0 Å². The Kier molecular flexibility index (Phi) is 7.15. The number of aromatic amines is 1. The van der Waals surface area contributed by atoms with Gasteiger partial charge in [0.05, 0.1) is 5.52 Å². The number of aromatic nitrogens is 1. The Morgan fingerprint density at radius 1 is 1.00 bits per heavy atom. The van der Waals surface area contributed by atoms with Crippen molar-refractivity contribution in [3.8, 4) is 11.1 Å². The number of fused-ring (bicyclic) bond motifs is 3. The minimum absolute atomic E-state index is 0.0474. The highest BCUT2D eigenvalue weighted by molar-refractivity contribution is 6.24. The SMILES string of the molecule is CNC(=O)C1=C(C2C=CC(F)=CC2)Cc2c1cc(-c1cccc(C(=O)NCC(C)(C)c3ccccc3)c1)c1[nH]ccc21. The van der Waals surface area contributed by atoms with Crippen LogP contribution in [-0.4, -0.2) is 30.4 Å². The monoisotopic (exact) mass is 559 g/mol. The molecule has 0 bridgehead atoms. The number of carbonyl (C=O) groups is 2. The molecule has 4 aromatic rings. The lowest BCUT2D eigenvalue weighted by molar-refractivity contribution is -0.115. The van der Waals surface area contributed by atoms with E-state index in [0.717, 1.165) is 44.3 Å². The summed E-state index contributed by atoms with van der Waals surface area (Å²) in [6, 6.07) is 21.9. The molecule has 6 heteroatoms. The standard InChI is InChI=1S/C36H34FN3O2/c1-36(2,25-10-5-4-6-11-25)21-40-34(41)24-9-7-8-23(18-24)29-20-31-30(27-16-17-39-33(27)29)19-28(32(31)35(42)38-3)22-12-14-26(37)15-13-22/h4-12,14-18,20,22,39H,13,19,21H2,1-3H3,(H,38,42)(H,40,41). The van der Waals surface area contributed by atoms with Crippen molar-refractivity contribution in [3.63, 3.8) is 0 Å². The fourth-order valence-electron chi connectivity index (χ4n) is 6.17. The lowest BCUT2D eigenvalue weighted by atomic mass is 9.84. The number of H-pyrrole nitrogens is 1. The van der Waals surface area contributed by atoms with Gasteiger partial charge in [-0.2, -0.15) is 0 Å². The van der Waals surface area contributed by atoms with Gasteiger partial charge in [0, 0.05) is 53.2 Å². The molecule has 3 aromatic carbocycles. The summed E-state index contributed by atoms with van der Waals surface area (Å²) >= 11 is 0. The van der Waals surface area contributed by atoms with Crippen LogP contribution < -0.4 is 10.6 Å². The number of amides is 2. The quantitative estimate of drug-likeness (QED) is 0.228. The second kappa shape index (κ2) is 10.9. The van der Waals surface area contributed by atoms with E-state index in [4.69, 9.17) is 0 Å². The highest BCUT2D eigenvalue weighted by Gasteiger charge is 2.32. The molecule has 1 heterocycles. The summed E-state index contributed by atoms with van der Waals surface area (Å²) in [5, 5.41) is 6.98. The summed E-state index contributed by atoms with van der Waals surface area (Å²) in [5.74, 6) is -0.579. The first-order valence-electron chi connectivity index (χ1n) is 14.3. The van der Waals surface area contributed by atoms with Gasteiger partial charge in [-0.15, -0.1) is 0 Å². The Labute approximate surface area is 245 Å². The summed E-state index contributed by atoms with van der Waals surface area (Å²) in [7, 11) is 1.64. The largest absolute Gasteiger partial charge is 0.361 e. The van der Waals surface area contributed by atoms with E-state index in [0.29, 0.717) is 30.5 Å². The van der Waals surface area contributed by atoms with Crippen LogP contribution in [0, 0.1) is 5.92 Å². The number of carbonyl (C=O) groups excluding carboxylic acids is 2. The molecule has 0 spiro atoms. The van der Waals surface area contributed by atoms with E-state index in [-0.39, 0.29) is 29.0 Å². The van der Waals surface area contributed by atoms with Crippen LogP contribution in [-0.2, 0) is 16.6 Å². The third-order valence-electron chi connectivity index (χ3n) is 8.55. The highest BCUT2D eigenvalue weighted by Crippen LogP contribution is 2.45. The fraction of sp³-hybridized carbons (Fsp3) is 0.222. The van der Waals surface area contributed by atoms with Crippen LogP contribution in [0.5, 0.6) is 0 Å². The predicted octanol–water partition coefficient (Wildman–Crippen LogP) is 7.03. The second-order valence-corrected chi connectivity index (χ2v) is 11.7. The average Bonchev–Trinajstić information content (AvgIpc) is 3.65. The van der Waals surface area contributed by atoms with Crippen LogP contribution in [0.4, 0.5) is 4.39 Å². The normalized spacial score (nSPS) is 16.4. The van der Waals surface area contributed by atoms with Crippen LogP contribution in [0.2, 0.25) is 0 Å². The number of benzene rings is 3. The molecule has 0 fully saturated rings. The smallest absolute Gasteiger partial charge is 0.251 e. The molecular weight excluding hydrogens is 525 g/mol. The zero-order valence-electron chi connectivity index (χ0n) is 24.1. The van der Waals surface area contributed by atoms with Crippen molar-refractivity contribution in [2.75, 3.05) is 13.6 Å². The van der Waals surface area contributed by atoms with Gasteiger partial charge in [-0.3, -0.25) is 9.59 Å². The Morgan fingerprint density at radius 2 is 1.81 bits per heavy atom. The molecule has 0 aliphatic heterocycles. The van der Waals surface area contributed by atoms with Gasteiger partial charge in [-0.1, -0.05) is 62.4 Å². The summed E-state index contributed by atoms with van der Waals surface area (Å²) in [6.07, 6.45) is 7.98. The van der Waals surface area contributed by atoms with Crippen molar-refractivity contribution in [2.45, 2.75) is 32.1 Å². The van der Waals surface area contributed by atoms with Crippen molar-refractivity contribution >= 4 is 28.3 Å². The molecule has 0 radical (unpaired) electrons. The summed E-state index contributed by atoms with van der Waals surface area (Å²) in [6.45, 7) is 4.73. The van der Waals surface area contributed by atoms with Gasteiger partial charge in [0.2, 0.25) is 0 Å². The molecule has 1 unspecified atom stereocenters. The van der Waals surface area contributed by atoms with Crippen LogP contribution in [0.3, 0.4) is 0 Å². The molecular formula is C36H34FN3O2. The number of allylic oxidation sites excluding steroid dienone is 5. The minimum atomic E-state index is -0.244. The predicted molar refractivity (Wildman–Crippen MR) is 167 cm³/mol. The number of hydrogen-bond donors (Lipinski definition) is 3. The van der Waals surface area contributed by atoms with Gasteiger partial charge < -0.3 is 15.6 Å². The topological polar surface area (TPSA) is 74.0 Å². The van der Waals surface area contributed by atoms with Gasteiger partial charge in [-0.05, 0) is 77.1 Å². The summed E-state index contributed by atoms with van der Waals surface area (Å²) < 4.78 is 13.8. The van der Waals surface area contributed by atoms with Gasteiger partial charge in [-0.25, -0.2) is 4.39 Å². The van der Waals surface area contributed by atoms with E-state index < -0.39 is 0 Å². The van der Waals surface area contributed by atoms with E-state index >= 15 is 0 Å².